The first-order valence-electron chi connectivity index (χ1n) is 3.07. The highest BCUT2D eigenvalue weighted by Crippen LogP contribution is 2.07. The van der Waals surface area contributed by atoms with Crippen molar-refractivity contribution in [2.75, 3.05) is 0 Å². The van der Waals surface area contributed by atoms with Gasteiger partial charge in [-0.2, -0.15) is 0 Å². The molecule has 58 valence electrons. The summed E-state index contributed by atoms with van der Waals surface area (Å²) in [5.41, 5.74) is 9.03. The molecule has 1 atom stereocenters. The van der Waals surface area contributed by atoms with E-state index in [9.17, 15) is 9.59 Å². The van der Waals surface area contributed by atoms with Gasteiger partial charge in [0.1, 0.15) is 11.9 Å². The Morgan fingerprint density at radius 3 is 2.10 bits per heavy atom. The highest BCUT2D eigenvalue weighted by Gasteiger charge is 2.28. The van der Waals surface area contributed by atoms with E-state index in [1.54, 1.807) is 6.92 Å². The standard InChI is InChI=1S/C6H12N2O2/c1-2-5(3-9)6(7,8)4-10/h3-5H,2,7-8H2,1H3. The molecule has 1 unspecified atom stereocenters. The summed E-state index contributed by atoms with van der Waals surface area (Å²) < 4.78 is 0. The fraction of sp³-hybridized carbons (Fsp3) is 0.667. The average Bonchev–Trinajstić information content (AvgIpc) is 1.90. The Morgan fingerprint density at radius 2 is 2.00 bits per heavy atom. The number of rotatable bonds is 4. The Balaban J connectivity index is 4.24. The lowest BCUT2D eigenvalue weighted by Crippen LogP contribution is -2.57. The van der Waals surface area contributed by atoms with E-state index in [4.69, 9.17) is 11.5 Å². The molecule has 0 aromatic heterocycles. The second-order valence-corrected chi connectivity index (χ2v) is 2.27. The Labute approximate surface area is 59.6 Å². The van der Waals surface area contributed by atoms with Crippen molar-refractivity contribution < 1.29 is 9.59 Å². The van der Waals surface area contributed by atoms with Crippen LogP contribution >= 0.6 is 0 Å². The summed E-state index contributed by atoms with van der Waals surface area (Å²) in [5.74, 6) is -0.579. The molecule has 10 heavy (non-hydrogen) atoms. The molecule has 0 bridgehead atoms. The maximum atomic E-state index is 10.2. The van der Waals surface area contributed by atoms with Crippen LogP contribution in [-0.4, -0.2) is 18.2 Å². The van der Waals surface area contributed by atoms with Crippen molar-refractivity contribution >= 4 is 12.6 Å². The maximum absolute atomic E-state index is 10.2. The molecule has 0 aromatic rings. The number of hydrogen-bond acceptors (Lipinski definition) is 4. The zero-order valence-electron chi connectivity index (χ0n) is 5.91. The predicted molar refractivity (Wildman–Crippen MR) is 37.0 cm³/mol. The van der Waals surface area contributed by atoms with Gasteiger partial charge in [0.15, 0.2) is 6.29 Å². The van der Waals surface area contributed by atoms with E-state index in [1.807, 2.05) is 0 Å². The Bertz CT molecular complexity index is 134. The van der Waals surface area contributed by atoms with E-state index in [-0.39, 0.29) is 0 Å². The van der Waals surface area contributed by atoms with Gasteiger partial charge in [0.25, 0.3) is 0 Å². The lowest BCUT2D eigenvalue weighted by Gasteiger charge is -2.22. The summed E-state index contributed by atoms with van der Waals surface area (Å²) in [5, 5.41) is 0. The molecule has 0 aliphatic rings. The molecule has 0 rings (SSSR count). The quantitative estimate of drug-likeness (QED) is 0.392. The summed E-state index contributed by atoms with van der Waals surface area (Å²) >= 11 is 0. The average molecular weight is 144 g/mol. The van der Waals surface area contributed by atoms with E-state index in [0.717, 1.165) is 0 Å². The molecule has 0 radical (unpaired) electrons. The van der Waals surface area contributed by atoms with Crippen LogP contribution < -0.4 is 11.5 Å². The summed E-state index contributed by atoms with van der Waals surface area (Å²) in [4.78, 5) is 20.4. The zero-order valence-corrected chi connectivity index (χ0v) is 5.91. The van der Waals surface area contributed by atoms with Gasteiger partial charge in [-0.1, -0.05) is 6.92 Å². The van der Waals surface area contributed by atoms with Crippen molar-refractivity contribution in [3.05, 3.63) is 0 Å². The number of carbonyl (C=O) groups is 2. The lowest BCUT2D eigenvalue weighted by atomic mass is 9.94. The molecule has 0 amide bonds. The predicted octanol–water partition coefficient (Wildman–Crippen LogP) is -0.976. The second kappa shape index (κ2) is 3.43. The molecule has 0 spiro atoms. The van der Waals surface area contributed by atoms with Gasteiger partial charge in [-0.3, -0.25) is 4.79 Å². The van der Waals surface area contributed by atoms with Crippen LogP contribution in [0.15, 0.2) is 0 Å². The van der Waals surface area contributed by atoms with Gasteiger partial charge in [-0.05, 0) is 6.42 Å². The van der Waals surface area contributed by atoms with E-state index in [2.05, 4.69) is 0 Å². The van der Waals surface area contributed by atoms with Crippen LogP contribution in [0, 0.1) is 5.92 Å². The number of nitrogens with two attached hydrogens (primary N) is 2. The van der Waals surface area contributed by atoms with E-state index in [0.29, 0.717) is 19.0 Å². The molecule has 4 heteroatoms. The topological polar surface area (TPSA) is 86.2 Å². The van der Waals surface area contributed by atoms with Crippen molar-refractivity contribution in [3.8, 4) is 0 Å². The lowest BCUT2D eigenvalue weighted by molar-refractivity contribution is -0.120. The fourth-order valence-corrected chi connectivity index (χ4v) is 0.655. The maximum Gasteiger partial charge on any atom is 0.154 e. The van der Waals surface area contributed by atoms with Gasteiger partial charge in [-0.15, -0.1) is 0 Å². The molecule has 4 nitrogen and oxygen atoms in total. The van der Waals surface area contributed by atoms with Gasteiger partial charge in [-0.25, -0.2) is 0 Å². The molecule has 0 saturated heterocycles. The molecular weight excluding hydrogens is 132 g/mol. The van der Waals surface area contributed by atoms with Crippen LogP contribution in [0.3, 0.4) is 0 Å². The van der Waals surface area contributed by atoms with Gasteiger partial charge in [0, 0.05) is 0 Å². The smallest absolute Gasteiger partial charge is 0.154 e. The number of carbonyl (C=O) groups excluding carboxylic acids is 2. The summed E-state index contributed by atoms with van der Waals surface area (Å²) in [6, 6.07) is 0. The summed E-state index contributed by atoms with van der Waals surface area (Å²) in [7, 11) is 0. The Morgan fingerprint density at radius 1 is 1.50 bits per heavy atom. The molecule has 0 aliphatic carbocycles. The third kappa shape index (κ3) is 1.89. The highest BCUT2D eigenvalue weighted by atomic mass is 16.1. The SMILES string of the molecule is CCC(C=O)C(N)(N)C=O. The van der Waals surface area contributed by atoms with Crippen molar-refractivity contribution in [2.24, 2.45) is 17.4 Å². The van der Waals surface area contributed by atoms with E-state index >= 15 is 0 Å². The minimum Gasteiger partial charge on any atom is -0.307 e. The van der Waals surface area contributed by atoms with Crippen molar-refractivity contribution in [3.63, 3.8) is 0 Å². The summed E-state index contributed by atoms with van der Waals surface area (Å²) in [6.07, 6.45) is 1.49. The highest BCUT2D eigenvalue weighted by molar-refractivity contribution is 5.71. The minimum absolute atomic E-state index is 0.398. The van der Waals surface area contributed by atoms with Crippen molar-refractivity contribution in [1.29, 1.82) is 0 Å². The van der Waals surface area contributed by atoms with Gasteiger partial charge in [0.2, 0.25) is 0 Å². The Hall–Kier alpha value is -0.740. The van der Waals surface area contributed by atoms with Crippen LogP contribution in [0.4, 0.5) is 0 Å². The van der Waals surface area contributed by atoms with Gasteiger partial charge >= 0.3 is 0 Å². The van der Waals surface area contributed by atoms with Crippen LogP contribution in [0.5, 0.6) is 0 Å². The van der Waals surface area contributed by atoms with E-state index in [1.165, 1.54) is 0 Å². The van der Waals surface area contributed by atoms with Crippen LogP contribution in [0.1, 0.15) is 13.3 Å². The van der Waals surface area contributed by atoms with Gasteiger partial charge in [0.05, 0.1) is 5.92 Å². The first-order chi connectivity index (χ1) is 4.58. The Kier molecular flexibility index (Phi) is 3.18. The van der Waals surface area contributed by atoms with Crippen molar-refractivity contribution in [2.45, 2.75) is 19.0 Å². The third-order valence-corrected chi connectivity index (χ3v) is 1.45. The van der Waals surface area contributed by atoms with E-state index < -0.39 is 11.6 Å². The monoisotopic (exact) mass is 144 g/mol. The fourth-order valence-electron chi connectivity index (χ4n) is 0.655. The summed E-state index contributed by atoms with van der Waals surface area (Å²) in [6.45, 7) is 1.75. The van der Waals surface area contributed by atoms with Crippen LogP contribution in [0.25, 0.3) is 0 Å². The molecule has 0 heterocycles. The molecular formula is C6H12N2O2. The third-order valence-electron chi connectivity index (χ3n) is 1.45. The van der Waals surface area contributed by atoms with Crippen molar-refractivity contribution in [1.82, 2.24) is 0 Å². The first kappa shape index (κ1) is 9.26. The first-order valence-corrected chi connectivity index (χ1v) is 3.07. The normalized spacial score (nSPS) is 14.3. The second-order valence-electron chi connectivity index (χ2n) is 2.27. The number of hydrogen-bond donors (Lipinski definition) is 2. The molecule has 0 saturated carbocycles. The molecule has 0 aromatic carbocycles. The number of aldehydes is 2. The molecule has 0 fully saturated rings. The molecule has 0 aliphatic heterocycles. The molecule has 4 N–H and O–H groups in total. The minimum atomic E-state index is -1.49. The zero-order chi connectivity index (χ0) is 8.20. The van der Waals surface area contributed by atoms with Crippen LogP contribution in [-0.2, 0) is 9.59 Å². The largest absolute Gasteiger partial charge is 0.307 e. The van der Waals surface area contributed by atoms with Gasteiger partial charge < -0.3 is 16.3 Å². The van der Waals surface area contributed by atoms with Crippen LogP contribution in [0.2, 0.25) is 0 Å².